The lowest BCUT2D eigenvalue weighted by atomic mass is 10.4. The van der Waals surface area contributed by atoms with Crippen LogP contribution >= 0.6 is 0 Å². The van der Waals surface area contributed by atoms with Crippen LogP contribution in [0.3, 0.4) is 0 Å². The van der Waals surface area contributed by atoms with Crippen LogP contribution in [0.5, 0.6) is 0 Å². The standard InChI is InChI=1S/C17H37NO8Si/c1-5-24-27(25-6-2,26-7-3)16-8-9-18(17(19)20)10-11-22-14-15-23-13-12-21-4/h5-16H2,1-4H3,(H,19,20). The number of methoxy groups -OCH3 is 1. The smallest absolute Gasteiger partial charge is 0.465 e. The summed E-state index contributed by atoms with van der Waals surface area (Å²) in [6.45, 7) is 10.2. The maximum Gasteiger partial charge on any atom is 0.500 e. The van der Waals surface area contributed by atoms with Gasteiger partial charge in [0.25, 0.3) is 0 Å². The summed E-state index contributed by atoms with van der Waals surface area (Å²) in [4.78, 5) is 12.8. The number of hydrogen-bond acceptors (Lipinski definition) is 7. The zero-order valence-electron chi connectivity index (χ0n) is 17.2. The molecule has 1 N–H and O–H groups in total. The molecule has 0 saturated heterocycles. The van der Waals surface area contributed by atoms with Gasteiger partial charge in [-0.1, -0.05) is 0 Å². The van der Waals surface area contributed by atoms with Crippen LogP contribution in [0.15, 0.2) is 0 Å². The number of carbonyl (C=O) groups is 1. The van der Waals surface area contributed by atoms with Gasteiger partial charge in [-0.25, -0.2) is 4.79 Å². The van der Waals surface area contributed by atoms with Crippen molar-refractivity contribution in [1.29, 1.82) is 0 Å². The van der Waals surface area contributed by atoms with Gasteiger partial charge in [0.15, 0.2) is 0 Å². The van der Waals surface area contributed by atoms with Gasteiger partial charge in [-0.05, 0) is 27.2 Å². The average Bonchev–Trinajstić information content (AvgIpc) is 2.63. The molecule has 10 heteroatoms. The van der Waals surface area contributed by atoms with Crippen molar-refractivity contribution in [3.63, 3.8) is 0 Å². The van der Waals surface area contributed by atoms with Crippen molar-refractivity contribution in [2.45, 2.75) is 33.2 Å². The minimum Gasteiger partial charge on any atom is -0.465 e. The van der Waals surface area contributed by atoms with E-state index < -0.39 is 14.9 Å². The summed E-state index contributed by atoms with van der Waals surface area (Å²) in [5, 5.41) is 9.36. The maximum atomic E-state index is 11.4. The molecule has 0 aromatic rings. The van der Waals surface area contributed by atoms with Crippen LogP contribution in [-0.4, -0.2) is 98.0 Å². The number of amides is 1. The van der Waals surface area contributed by atoms with Gasteiger partial charge in [0.1, 0.15) is 0 Å². The summed E-state index contributed by atoms with van der Waals surface area (Å²) < 4.78 is 32.9. The Kier molecular flexibility index (Phi) is 16.9. The lowest BCUT2D eigenvalue weighted by Crippen LogP contribution is -2.46. The highest BCUT2D eigenvalue weighted by Crippen LogP contribution is 2.18. The number of carboxylic acid groups (broad SMARTS) is 1. The summed E-state index contributed by atoms with van der Waals surface area (Å²) in [6, 6.07) is 0.584. The van der Waals surface area contributed by atoms with Crippen molar-refractivity contribution in [1.82, 2.24) is 4.90 Å². The molecular formula is C17H37NO8Si. The highest BCUT2D eigenvalue weighted by molar-refractivity contribution is 6.60. The third-order valence-corrected chi connectivity index (χ3v) is 6.74. The van der Waals surface area contributed by atoms with Crippen LogP contribution in [0, 0.1) is 0 Å². The molecule has 0 heterocycles. The van der Waals surface area contributed by atoms with E-state index >= 15 is 0 Å². The van der Waals surface area contributed by atoms with Crippen molar-refractivity contribution < 1.29 is 37.4 Å². The third-order valence-electron chi connectivity index (χ3n) is 3.58. The number of rotatable bonds is 19. The predicted molar refractivity (Wildman–Crippen MR) is 103 cm³/mol. The summed E-state index contributed by atoms with van der Waals surface area (Å²) in [5.41, 5.74) is 0. The zero-order valence-corrected chi connectivity index (χ0v) is 18.2. The number of ether oxygens (including phenoxy) is 3. The fraction of sp³-hybridized carbons (Fsp3) is 0.941. The van der Waals surface area contributed by atoms with E-state index in [4.69, 9.17) is 27.5 Å². The van der Waals surface area contributed by atoms with Crippen LogP contribution < -0.4 is 0 Å². The second kappa shape index (κ2) is 17.4. The Hall–Kier alpha value is -0.753. The normalized spacial score (nSPS) is 11.7. The molecule has 0 aromatic heterocycles. The van der Waals surface area contributed by atoms with Gasteiger partial charge in [0.2, 0.25) is 0 Å². The van der Waals surface area contributed by atoms with E-state index in [1.807, 2.05) is 20.8 Å². The Balaban J connectivity index is 4.19. The molecule has 0 atom stereocenters. The van der Waals surface area contributed by atoms with Crippen LogP contribution in [0.25, 0.3) is 0 Å². The first-order valence-corrected chi connectivity index (χ1v) is 11.5. The molecule has 0 spiro atoms. The third kappa shape index (κ3) is 13.1. The number of nitrogens with zero attached hydrogens (tertiary/aromatic N) is 1. The molecule has 0 saturated carbocycles. The average molecular weight is 412 g/mol. The van der Waals surface area contributed by atoms with Gasteiger partial charge in [-0.15, -0.1) is 0 Å². The zero-order chi connectivity index (χ0) is 20.4. The van der Waals surface area contributed by atoms with E-state index in [0.29, 0.717) is 78.4 Å². The van der Waals surface area contributed by atoms with E-state index in [1.165, 1.54) is 4.90 Å². The summed E-state index contributed by atoms with van der Waals surface area (Å²) >= 11 is 0. The summed E-state index contributed by atoms with van der Waals surface area (Å²) in [5.74, 6) is 0. The molecule has 0 unspecified atom stereocenters. The second-order valence-electron chi connectivity index (χ2n) is 5.57. The molecule has 1 amide bonds. The van der Waals surface area contributed by atoms with E-state index in [9.17, 15) is 9.90 Å². The fourth-order valence-corrected chi connectivity index (χ4v) is 5.02. The van der Waals surface area contributed by atoms with Crippen LogP contribution in [0.4, 0.5) is 4.79 Å². The van der Waals surface area contributed by atoms with Gasteiger partial charge in [0.05, 0.1) is 33.0 Å². The quantitative estimate of drug-likeness (QED) is 0.255. The monoisotopic (exact) mass is 411 g/mol. The summed E-state index contributed by atoms with van der Waals surface area (Å²) in [7, 11) is -1.12. The van der Waals surface area contributed by atoms with E-state index in [2.05, 4.69) is 0 Å². The van der Waals surface area contributed by atoms with Gasteiger partial charge in [-0.2, -0.15) is 0 Å². The van der Waals surface area contributed by atoms with Crippen molar-refractivity contribution in [2.75, 3.05) is 73.1 Å². The minimum atomic E-state index is -2.73. The molecule has 0 aromatic carbocycles. The lowest BCUT2D eigenvalue weighted by molar-refractivity contribution is 0.0198. The van der Waals surface area contributed by atoms with Gasteiger partial charge >= 0.3 is 14.9 Å². The molecule has 0 bridgehead atoms. The Morgan fingerprint density at radius 1 is 0.852 bits per heavy atom. The fourth-order valence-electron chi connectivity index (χ4n) is 2.43. The van der Waals surface area contributed by atoms with Crippen LogP contribution in [0.1, 0.15) is 27.2 Å². The maximum absolute atomic E-state index is 11.4. The van der Waals surface area contributed by atoms with Crippen LogP contribution in [0.2, 0.25) is 6.04 Å². The molecule has 9 nitrogen and oxygen atoms in total. The lowest BCUT2D eigenvalue weighted by Gasteiger charge is -2.29. The van der Waals surface area contributed by atoms with Gasteiger partial charge < -0.3 is 37.5 Å². The molecule has 162 valence electrons. The predicted octanol–water partition coefficient (Wildman–Crippen LogP) is 2.08. The van der Waals surface area contributed by atoms with Crippen molar-refractivity contribution in [3.8, 4) is 0 Å². The molecule has 27 heavy (non-hydrogen) atoms. The summed E-state index contributed by atoms with van der Waals surface area (Å²) in [6.07, 6.45) is -0.356. The van der Waals surface area contributed by atoms with Crippen molar-refractivity contribution in [3.05, 3.63) is 0 Å². The topological polar surface area (TPSA) is 95.9 Å². The molecular weight excluding hydrogens is 374 g/mol. The Morgan fingerprint density at radius 3 is 1.85 bits per heavy atom. The molecule has 0 aliphatic rings. The first-order valence-electron chi connectivity index (χ1n) is 9.59. The molecule has 0 aliphatic heterocycles. The molecule has 0 radical (unpaired) electrons. The van der Waals surface area contributed by atoms with E-state index in [-0.39, 0.29) is 0 Å². The van der Waals surface area contributed by atoms with Crippen molar-refractivity contribution in [2.24, 2.45) is 0 Å². The second-order valence-corrected chi connectivity index (χ2v) is 8.30. The Bertz CT molecular complexity index is 345. The number of hydrogen-bond donors (Lipinski definition) is 1. The van der Waals surface area contributed by atoms with Crippen molar-refractivity contribution >= 4 is 14.9 Å². The molecule has 0 rings (SSSR count). The van der Waals surface area contributed by atoms with E-state index in [1.54, 1.807) is 7.11 Å². The first-order chi connectivity index (χ1) is 13.0. The van der Waals surface area contributed by atoms with E-state index in [0.717, 1.165) is 0 Å². The van der Waals surface area contributed by atoms with Crippen LogP contribution in [-0.2, 0) is 27.5 Å². The van der Waals surface area contributed by atoms with Gasteiger partial charge in [0, 0.05) is 46.1 Å². The Morgan fingerprint density at radius 2 is 1.37 bits per heavy atom. The van der Waals surface area contributed by atoms with Gasteiger partial charge in [-0.3, -0.25) is 0 Å². The highest BCUT2D eigenvalue weighted by atomic mass is 28.4. The largest absolute Gasteiger partial charge is 0.500 e. The SMILES string of the molecule is CCO[Si](CCCN(CCOCCOCCOC)C(=O)O)(OCC)OCC. The molecule has 0 fully saturated rings. The highest BCUT2D eigenvalue weighted by Gasteiger charge is 2.39. The first kappa shape index (κ1) is 26.2. The minimum absolute atomic E-state index is 0.305. The molecule has 0 aliphatic carbocycles. The Labute approximate surface area is 164 Å².